The Kier molecular flexibility index (Phi) is 11.4. The second kappa shape index (κ2) is 15.6. The molecule has 0 spiro atoms. The van der Waals surface area contributed by atoms with Gasteiger partial charge in [0.2, 0.25) is 0 Å². The first kappa shape index (κ1) is 32.8. The molecule has 0 aliphatic rings. The minimum absolute atomic E-state index is 0.203. The van der Waals surface area contributed by atoms with Gasteiger partial charge in [-0.3, -0.25) is 0 Å². The van der Waals surface area contributed by atoms with Crippen LogP contribution in [0.2, 0.25) is 0 Å². The smallest absolute Gasteiger partial charge is 0.0384 e. The summed E-state index contributed by atoms with van der Waals surface area (Å²) in [6.07, 6.45) is 17.9. The molecule has 0 fully saturated rings. The average Bonchev–Trinajstić information content (AvgIpc) is 3.07. The molecule has 4 aromatic rings. The van der Waals surface area contributed by atoms with E-state index in [1.807, 2.05) is 66.9 Å². The van der Waals surface area contributed by atoms with Crippen molar-refractivity contribution < 1.29 is 0 Å². The standard InChI is InChI=1S/C43H46N2/c1-7-8-9-10-17-31-45-41-29-15-14-28-40(41)43(5,6)38-25-20-23-36(33-38)35-22-19-24-37(32-35)42(3,4)34(2)21-16-18-30-44-39-26-12-11-13-27-39/h7-30,32-33,44-45H,1-2,31H2,3-6H3/b9-8-,17-10-,21-16-,30-18-. The van der Waals surface area contributed by atoms with Crippen LogP contribution in [0.4, 0.5) is 11.4 Å². The maximum atomic E-state index is 4.43. The van der Waals surface area contributed by atoms with Crippen molar-refractivity contribution in [3.05, 3.63) is 193 Å². The molecule has 0 heterocycles. The Morgan fingerprint density at radius 1 is 0.689 bits per heavy atom. The van der Waals surface area contributed by atoms with Crippen molar-refractivity contribution >= 4 is 11.4 Å². The van der Waals surface area contributed by atoms with Crippen molar-refractivity contribution in [1.29, 1.82) is 0 Å². The molecule has 0 unspecified atom stereocenters. The third-order valence-corrected chi connectivity index (χ3v) is 8.34. The zero-order valence-electron chi connectivity index (χ0n) is 27.1. The Hall–Kier alpha value is -5.08. The van der Waals surface area contributed by atoms with E-state index in [1.165, 1.54) is 27.8 Å². The van der Waals surface area contributed by atoms with E-state index in [2.05, 4.69) is 136 Å². The lowest BCUT2D eigenvalue weighted by atomic mass is 9.75. The molecule has 0 aromatic heterocycles. The molecule has 2 nitrogen and oxygen atoms in total. The molecule has 2 heteroatoms. The highest BCUT2D eigenvalue weighted by molar-refractivity contribution is 5.67. The van der Waals surface area contributed by atoms with Crippen molar-refractivity contribution in [1.82, 2.24) is 0 Å². The number of anilines is 2. The molecule has 2 N–H and O–H groups in total. The molecule has 228 valence electrons. The zero-order valence-corrected chi connectivity index (χ0v) is 27.1. The average molecular weight is 591 g/mol. The summed E-state index contributed by atoms with van der Waals surface area (Å²) < 4.78 is 0. The van der Waals surface area contributed by atoms with Crippen LogP contribution < -0.4 is 10.6 Å². The lowest BCUT2D eigenvalue weighted by molar-refractivity contribution is 0.641. The SMILES string of the molecule is C=C/C=C\C=C/CNc1ccccc1C(C)(C)c1cccc(-c2cccc(C(C)(C)C(=C)/C=C\C=C/Nc3ccccc3)c2)c1. The number of rotatable bonds is 14. The first-order chi connectivity index (χ1) is 21.7. The van der Waals surface area contributed by atoms with Gasteiger partial charge in [0.1, 0.15) is 0 Å². The molecule has 0 amide bonds. The van der Waals surface area contributed by atoms with Gasteiger partial charge in [0, 0.05) is 34.9 Å². The molecule has 0 saturated carbocycles. The van der Waals surface area contributed by atoms with Crippen LogP contribution in [0.1, 0.15) is 44.4 Å². The molecule has 4 aromatic carbocycles. The summed E-state index contributed by atoms with van der Waals surface area (Å²) in [5.74, 6) is 0. The summed E-state index contributed by atoms with van der Waals surface area (Å²) in [5, 5.41) is 6.90. The highest BCUT2D eigenvalue weighted by atomic mass is 14.9. The van der Waals surface area contributed by atoms with E-state index in [1.54, 1.807) is 6.08 Å². The Morgan fingerprint density at radius 2 is 1.36 bits per heavy atom. The van der Waals surface area contributed by atoms with Gasteiger partial charge < -0.3 is 10.6 Å². The van der Waals surface area contributed by atoms with Crippen molar-refractivity contribution in [3.8, 4) is 11.1 Å². The molecule has 45 heavy (non-hydrogen) atoms. The number of para-hydroxylation sites is 2. The molecule has 0 aliphatic heterocycles. The molecule has 0 radical (unpaired) electrons. The Balaban J connectivity index is 1.51. The number of hydrogen-bond donors (Lipinski definition) is 2. The monoisotopic (exact) mass is 590 g/mol. The third kappa shape index (κ3) is 8.74. The van der Waals surface area contributed by atoms with E-state index in [-0.39, 0.29) is 10.8 Å². The van der Waals surface area contributed by atoms with E-state index >= 15 is 0 Å². The molecule has 4 rings (SSSR count). The van der Waals surface area contributed by atoms with E-state index in [9.17, 15) is 0 Å². The fourth-order valence-electron chi connectivity index (χ4n) is 5.27. The minimum atomic E-state index is -0.232. The fourth-order valence-corrected chi connectivity index (χ4v) is 5.27. The summed E-state index contributed by atoms with van der Waals surface area (Å²) in [7, 11) is 0. The largest absolute Gasteiger partial charge is 0.381 e. The highest BCUT2D eigenvalue weighted by Crippen LogP contribution is 2.38. The second-order valence-corrected chi connectivity index (χ2v) is 12.1. The quantitative estimate of drug-likeness (QED) is 0.143. The number of nitrogens with one attached hydrogen (secondary N) is 2. The first-order valence-corrected chi connectivity index (χ1v) is 15.6. The highest BCUT2D eigenvalue weighted by Gasteiger charge is 2.27. The van der Waals surface area contributed by atoms with Crippen molar-refractivity contribution in [3.63, 3.8) is 0 Å². The summed E-state index contributed by atoms with van der Waals surface area (Å²) in [6.45, 7) is 18.0. The number of benzene rings is 4. The van der Waals surface area contributed by atoms with Gasteiger partial charge in [0.25, 0.3) is 0 Å². The molecule has 0 bridgehead atoms. The lowest BCUT2D eigenvalue weighted by Crippen LogP contribution is -2.21. The summed E-state index contributed by atoms with van der Waals surface area (Å²) in [5.41, 5.74) is 9.00. The third-order valence-electron chi connectivity index (χ3n) is 8.34. The van der Waals surface area contributed by atoms with Gasteiger partial charge >= 0.3 is 0 Å². The van der Waals surface area contributed by atoms with E-state index in [0.29, 0.717) is 0 Å². The lowest BCUT2D eigenvalue weighted by Gasteiger charge is -2.29. The van der Waals surface area contributed by atoms with Crippen LogP contribution in [-0.4, -0.2) is 6.54 Å². The molecule has 0 saturated heterocycles. The Bertz CT molecular complexity index is 1700. The summed E-state index contributed by atoms with van der Waals surface area (Å²) in [4.78, 5) is 0. The maximum absolute atomic E-state index is 4.43. The molecular formula is C43H46N2. The first-order valence-electron chi connectivity index (χ1n) is 15.6. The number of allylic oxidation sites excluding steroid dienone is 8. The van der Waals surface area contributed by atoms with Gasteiger partial charge in [-0.2, -0.15) is 0 Å². The minimum Gasteiger partial charge on any atom is -0.381 e. The van der Waals surface area contributed by atoms with E-state index in [0.717, 1.165) is 23.5 Å². The molecule has 0 aliphatic carbocycles. The van der Waals surface area contributed by atoms with Gasteiger partial charge in [0.05, 0.1) is 0 Å². The van der Waals surface area contributed by atoms with Crippen molar-refractivity contribution in [2.45, 2.75) is 38.5 Å². The van der Waals surface area contributed by atoms with Crippen LogP contribution in [0.25, 0.3) is 11.1 Å². The van der Waals surface area contributed by atoms with Crippen LogP contribution in [0, 0.1) is 0 Å². The predicted molar refractivity (Wildman–Crippen MR) is 198 cm³/mol. The van der Waals surface area contributed by atoms with Gasteiger partial charge in [0.15, 0.2) is 0 Å². The maximum Gasteiger partial charge on any atom is 0.0384 e. The van der Waals surface area contributed by atoms with Crippen LogP contribution in [-0.2, 0) is 10.8 Å². The van der Waals surface area contributed by atoms with Crippen molar-refractivity contribution in [2.24, 2.45) is 0 Å². The van der Waals surface area contributed by atoms with Gasteiger partial charge in [-0.1, -0.05) is 168 Å². The summed E-state index contributed by atoms with van der Waals surface area (Å²) >= 11 is 0. The summed E-state index contributed by atoms with van der Waals surface area (Å²) in [6, 6.07) is 36.5. The zero-order chi connectivity index (χ0) is 32.1. The molecular weight excluding hydrogens is 544 g/mol. The van der Waals surface area contributed by atoms with Gasteiger partial charge in [-0.25, -0.2) is 0 Å². The van der Waals surface area contributed by atoms with Crippen LogP contribution >= 0.6 is 0 Å². The van der Waals surface area contributed by atoms with Crippen molar-refractivity contribution in [2.75, 3.05) is 17.2 Å². The van der Waals surface area contributed by atoms with Crippen LogP contribution in [0.3, 0.4) is 0 Å². The topological polar surface area (TPSA) is 24.1 Å². The second-order valence-electron chi connectivity index (χ2n) is 12.1. The normalized spacial score (nSPS) is 12.4. The van der Waals surface area contributed by atoms with Crippen LogP contribution in [0.5, 0.6) is 0 Å². The fraction of sp³-hybridized carbons (Fsp3) is 0.163. The predicted octanol–water partition coefficient (Wildman–Crippen LogP) is 11.4. The van der Waals surface area contributed by atoms with Crippen LogP contribution in [0.15, 0.2) is 177 Å². The van der Waals surface area contributed by atoms with E-state index in [4.69, 9.17) is 0 Å². The van der Waals surface area contributed by atoms with Gasteiger partial charge in [-0.15, -0.1) is 0 Å². The number of hydrogen-bond acceptors (Lipinski definition) is 2. The van der Waals surface area contributed by atoms with Gasteiger partial charge in [-0.05, 0) is 57.7 Å². The molecule has 0 atom stereocenters. The Labute approximate surface area is 270 Å². The van der Waals surface area contributed by atoms with E-state index < -0.39 is 0 Å². The Morgan fingerprint density at radius 3 is 2.09 bits per heavy atom.